The van der Waals surface area contributed by atoms with Gasteiger partial charge in [-0.2, -0.15) is 11.8 Å². The van der Waals surface area contributed by atoms with Crippen LogP contribution in [0, 0.1) is 5.92 Å². The van der Waals surface area contributed by atoms with Crippen molar-refractivity contribution in [1.82, 2.24) is 10.2 Å². The van der Waals surface area contributed by atoms with Crippen LogP contribution in [0.2, 0.25) is 0 Å². The van der Waals surface area contributed by atoms with Crippen molar-refractivity contribution < 1.29 is 0 Å². The van der Waals surface area contributed by atoms with E-state index in [1.165, 1.54) is 44.0 Å². The van der Waals surface area contributed by atoms with Crippen molar-refractivity contribution in [2.75, 3.05) is 38.2 Å². The molecular weight excluding hydrogens is 204 g/mol. The van der Waals surface area contributed by atoms with Crippen LogP contribution >= 0.6 is 11.8 Å². The zero-order chi connectivity index (χ0) is 11.1. The monoisotopic (exact) mass is 230 g/mol. The summed E-state index contributed by atoms with van der Waals surface area (Å²) in [5.74, 6) is 3.69. The lowest BCUT2D eigenvalue weighted by molar-refractivity contribution is 0.269. The van der Waals surface area contributed by atoms with E-state index in [1.54, 1.807) is 0 Å². The van der Waals surface area contributed by atoms with Gasteiger partial charge in [-0.25, -0.2) is 0 Å². The summed E-state index contributed by atoms with van der Waals surface area (Å²) in [4.78, 5) is 2.41. The zero-order valence-electron chi connectivity index (χ0n) is 10.5. The molecule has 1 aliphatic rings. The fourth-order valence-corrected chi connectivity index (χ4v) is 3.05. The van der Waals surface area contributed by atoms with Gasteiger partial charge in [-0.1, -0.05) is 0 Å². The Morgan fingerprint density at radius 3 is 2.87 bits per heavy atom. The second kappa shape index (κ2) is 7.53. The fraction of sp³-hybridized carbons (Fsp3) is 1.00. The minimum absolute atomic E-state index is 0.677. The number of nitrogens with one attached hydrogen (secondary N) is 1. The summed E-state index contributed by atoms with van der Waals surface area (Å²) in [5.41, 5.74) is 0. The largest absolute Gasteiger partial charge is 0.316 e. The van der Waals surface area contributed by atoms with Crippen LogP contribution in [0.3, 0.4) is 0 Å². The Kier molecular flexibility index (Phi) is 6.69. The van der Waals surface area contributed by atoms with E-state index in [0.717, 1.165) is 5.92 Å². The Hall–Kier alpha value is 0.270. The van der Waals surface area contributed by atoms with Gasteiger partial charge in [0.25, 0.3) is 0 Å². The second-order valence-electron chi connectivity index (χ2n) is 4.86. The Morgan fingerprint density at radius 2 is 2.27 bits per heavy atom. The molecule has 0 aromatic rings. The average Bonchev–Trinajstić information content (AvgIpc) is 2.69. The van der Waals surface area contributed by atoms with Gasteiger partial charge < -0.3 is 10.2 Å². The van der Waals surface area contributed by atoms with E-state index >= 15 is 0 Å². The van der Waals surface area contributed by atoms with E-state index in [2.05, 4.69) is 42.9 Å². The van der Waals surface area contributed by atoms with E-state index in [-0.39, 0.29) is 0 Å². The molecule has 1 aliphatic heterocycles. The third kappa shape index (κ3) is 5.79. The van der Waals surface area contributed by atoms with Gasteiger partial charge in [0.05, 0.1) is 0 Å². The molecule has 1 N–H and O–H groups in total. The van der Waals surface area contributed by atoms with Gasteiger partial charge >= 0.3 is 0 Å². The lowest BCUT2D eigenvalue weighted by atomic mass is 10.1. The molecule has 1 fully saturated rings. The maximum absolute atomic E-state index is 3.58. The molecule has 1 unspecified atom stereocenters. The van der Waals surface area contributed by atoms with Gasteiger partial charge in [0.2, 0.25) is 0 Å². The molecule has 0 saturated carbocycles. The van der Waals surface area contributed by atoms with E-state index in [4.69, 9.17) is 0 Å². The molecule has 1 heterocycles. The maximum Gasteiger partial charge on any atom is 0.00355 e. The van der Waals surface area contributed by atoms with Crippen LogP contribution in [0.1, 0.15) is 26.7 Å². The van der Waals surface area contributed by atoms with E-state index in [1.807, 2.05) is 0 Å². The normalized spacial score (nSPS) is 21.8. The zero-order valence-corrected chi connectivity index (χ0v) is 11.3. The molecule has 0 radical (unpaired) electrons. The first kappa shape index (κ1) is 13.3. The standard InChI is InChI=1S/C12H26N2S/c1-11(2)14(3)7-4-6-13-9-12-5-8-15-10-12/h11-13H,4-10H2,1-3H3. The summed E-state index contributed by atoms with van der Waals surface area (Å²) >= 11 is 2.11. The van der Waals surface area contributed by atoms with E-state index in [0.29, 0.717) is 6.04 Å². The summed E-state index contributed by atoms with van der Waals surface area (Å²) in [6.07, 6.45) is 2.69. The highest BCUT2D eigenvalue weighted by Gasteiger charge is 2.14. The summed E-state index contributed by atoms with van der Waals surface area (Å²) in [7, 11) is 2.21. The minimum Gasteiger partial charge on any atom is -0.316 e. The van der Waals surface area contributed by atoms with Gasteiger partial charge in [0, 0.05) is 6.04 Å². The molecule has 0 bridgehead atoms. The van der Waals surface area contributed by atoms with Gasteiger partial charge in [-0.15, -0.1) is 0 Å². The second-order valence-corrected chi connectivity index (χ2v) is 6.01. The lowest BCUT2D eigenvalue weighted by Crippen LogP contribution is -2.30. The molecule has 90 valence electrons. The molecule has 15 heavy (non-hydrogen) atoms. The number of thioether (sulfide) groups is 1. The topological polar surface area (TPSA) is 15.3 Å². The van der Waals surface area contributed by atoms with Crippen molar-refractivity contribution in [3.05, 3.63) is 0 Å². The SMILES string of the molecule is CC(C)N(C)CCCNCC1CCSC1. The third-order valence-electron chi connectivity index (χ3n) is 3.20. The van der Waals surface area contributed by atoms with Crippen molar-refractivity contribution in [1.29, 1.82) is 0 Å². The van der Waals surface area contributed by atoms with Crippen molar-refractivity contribution in [2.45, 2.75) is 32.7 Å². The van der Waals surface area contributed by atoms with Gasteiger partial charge in [-0.05, 0) is 70.8 Å². The van der Waals surface area contributed by atoms with Crippen LogP contribution < -0.4 is 5.32 Å². The molecule has 0 amide bonds. The molecule has 2 nitrogen and oxygen atoms in total. The van der Waals surface area contributed by atoms with Crippen molar-refractivity contribution >= 4 is 11.8 Å². The van der Waals surface area contributed by atoms with Gasteiger partial charge in [0.1, 0.15) is 0 Å². The van der Waals surface area contributed by atoms with Gasteiger partial charge in [0.15, 0.2) is 0 Å². The maximum atomic E-state index is 3.58. The first-order valence-electron chi connectivity index (χ1n) is 6.19. The van der Waals surface area contributed by atoms with Crippen molar-refractivity contribution in [3.63, 3.8) is 0 Å². The highest BCUT2D eigenvalue weighted by molar-refractivity contribution is 7.99. The van der Waals surface area contributed by atoms with Crippen LogP contribution in [-0.4, -0.2) is 49.1 Å². The Bertz CT molecular complexity index is 152. The first-order chi connectivity index (χ1) is 7.20. The molecule has 0 spiro atoms. The quantitative estimate of drug-likeness (QED) is 0.674. The average molecular weight is 230 g/mol. The summed E-state index contributed by atoms with van der Waals surface area (Å²) < 4.78 is 0. The predicted molar refractivity (Wildman–Crippen MR) is 70.7 cm³/mol. The summed E-state index contributed by atoms with van der Waals surface area (Å²) in [6.45, 7) is 8.13. The van der Waals surface area contributed by atoms with Crippen LogP contribution in [0.15, 0.2) is 0 Å². The van der Waals surface area contributed by atoms with Crippen LogP contribution in [0.4, 0.5) is 0 Å². The molecule has 0 aromatic heterocycles. The molecule has 3 heteroatoms. The molecule has 1 rings (SSSR count). The first-order valence-corrected chi connectivity index (χ1v) is 7.34. The van der Waals surface area contributed by atoms with Crippen LogP contribution in [-0.2, 0) is 0 Å². The molecular formula is C12H26N2S. The molecule has 1 saturated heterocycles. The highest BCUT2D eigenvalue weighted by atomic mass is 32.2. The minimum atomic E-state index is 0.677. The molecule has 0 aromatic carbocycles. The summed E-state index contributed by atoms with van der Waals surface area (Å²) in [6, 6.07) is 0.677. The van der Waals surface area contributed by atoms with Crippen LogP contribution in [0.5, 0.6) is 0 Å². The van der Waals surface area contributed by atoms with E-state index < -0.39 is 0 Å². The number of rotatable bonds is 7. The number of hydrogen-bond acceptors (Lipinski definition) is 3. The number of hydrogen-bond donors (Lipinski definition) is 1. The van der Waals surface area contributed by atoms with Crippen LogP contribution in [0.25, 0.3) is 0 Å². The molecule has 0 aliphatic carbocycles. The Balaban J connectivity index is 1.88. The fourth-order valence-electron chi connectivity index (χ4n) is 1.76. The third-order valence-corrected chi connectivity index (χ3v) is 4.43. The summed E-state index contributed by atoms with van der Waals surface area (Å²) in [5, 5.41) is 3.58. The Labute approximate surface area is 99.2 Å². The van der Waals surface area contributed by atoms with Crippen molar-refractivity contribution in [3.8, 4) is 0 Å². The van der Waals surface area contributed by atoms with Gasteiger partial charge in [-0.3, -0.25) is 0 Å². The lowest BCUT2D eigenvalue weighted by Gasteiger charge is -2.21. The molecule has 1 atom stereocenters. The Morgan fingerprint density at radius 1 is 1.47 bits per heavy atom. The predicted octanol–water partition coefficient (Wildman–Crippen LogP) is 2.06. The number of nitrogens with zero attached hydrogens (tertiary/aromatic N) is 1. The van der Waals surface area contributed by atoms with Crippen molar-refractivity contribution in [2.24, 2.45) is 5.92 Å². The highest BCUT2D eigenvalue weighted by Crippen LogP contribution is 2.22. The smallest absolute Gasteiger partial charge is 0.00355 e. The van der Waals surface area contributed by atoms with E-state index in [9.17, 15) is 0 Å².